The van der Waals surface area contributed by atoms with E-state index >= 15 is 0 Å². The number of carbonyl (C=O) groups is 1. The number of hydrogen-bond acceptors (Lipinski definition) is 4. The summed E-state index contributed by atoms with van der Waals surface area (Å²) in [6.45, 7) is 0.637. The highest BCUT2D eigenvalue weighted by molar-refractivity contribution is 5.73. The predicted octanol–water partition coefficient (Wildman–Crippen LogP) is 0.0838. The van der Waals surface area contributed by atoms with E-state index in [2.05, 4.69) is 15.7 Å². The SMILES string of the molecule is O=C(NCc1ccccc1Cn1cccn1)NC[C@@H](O)CO. The zero-order valence-corrected chi connectivity index (χ0v) is 12.1. The number of benzene rings is 1. The normalized spacial score (nSPS) is 11.9. The first-order valence-corrected chi connectivity index (χ1v) is 7.04. The Kier molecular flexibility index (Phi) is 5.93. The molecule has 2 amide bonds. The molecule has 0 saturated carbocycles. The van der Waals surface area contributed by atoms with Crippen LogP contribution in [0.25, 0.3) is 0 Å². The van der Waals surface area contributed by atoms with E-state index in [1.165, 1.54) is 0 Å². The molecule has 0 aliphatic rings. The average molecular weight is 304 g/mol. The standard InChI is InChI=1S/C15H20N4O3/c20-11-14(21)9-17-15(22)16-8-12-4-1-2-5-13(12)10-19-7-3-6-18-19/h1-7,14,20-21H,8-11H2,(H2,16,17,22)/t14-/m1/s1. The summed E-state index contributed by atoms with van der Waals surface area (Å²) < 4.78 is 1.82. The summed E-state index contributed by atoms with van der Waals surface area (Å²) in [5, 5.41) is 27.3. The summed E-state index contributed by atoms with van der Waals surface area (Å²) in [5.74, 6) is 0. The van der Waals surface area contributed by atoms with Gasteiger partial charge in [0.2, 0.25) is 0 Å². The van der Waals surface area contributed by atoms with Crippen molar-refractivity contribution in [3.8, 4) is 0 Å². The van der Waals surface area contributed by atoms with Gasteiger partial charge in [-0.05, 0) is 17.2 Å². The van der Waals surface area contributed by atoms with E-state index in [1.807, 2.05) is 41.2 Å². The van der Waals surface area contributed by atoms with Crippen LogP contribution in [0.5, 0.6) is 0 Å². The summed E-state index contributed by atoms with van der Waals surface area (Å²) in [7, 11) is 0. The van der Waals surface area contributed by atoms with Gasteiger partial charge in [-0.15, -0.1) is 0 Å². The number of aromatic nitrogens is 2. The Morgan fingerprint density at radius 3 is 2.68 bits per heavy atom. The molecule has 7 heteroatoms. The Balaban J connectivity index is 1.88. The van der Waals surface area contributed by atoms with E-state index in [4.69, 9.17) is 5.11 Å². The third-order valence-electron chi connectivity index (χ3n) is 3.16. The second kappa shape index (κ2) is 8.16. The molecule has 0 fully saturated rings. The fourth-order valence-electron chi connectivity index (χ4n) is 1.97. The van der Waals surface area contributed by atoms with Crippen molar-refractivity contribution < 1.29 is 15.0 Å². The maximum Gasteiger partial charge on any atom is 0.315 e. The molecule has 1 aromatic heterocycles. The number of aliphatic hydroxyl groups excluding tert-OH is 2. The van der Waals surface area contributed by atoms with E-state index in [9.17, 15) is 9.90 Å². The second-order valence-corrected chi connectivity index (χ2v) is 4.87. The Hall–Kier alpha value is -2.38. The molecule has 0 aliphatic carbocycles. The molecular formula is C15H20N4O3. The quantitative estimate of drug-likeness (QED) is 0.582. The largest absolute Gasteiger partial charge is 0.394 e. The van der Waals surface area contributed by atoms with E-state index in [0.29, 0.717) is 13.1 Å². The van der Waals surface area contributed by atoms with Crippen LogP contribution in [0.3, 0.4) is 0 Å². The minimum absolute atomic E-state index is 0.0112. The van der Waals surface area contributed by atoms with Crippen molar-refractivity contribution in [3.63, 3.8) is 0 Å². The number of amides is 2. The van der Waals surface area contributed by atoms with Crippen LogP contribution in [0.2, 0.25) is 0 Å². The van der Waals surface area contributed by atoms with E-state index in [1.54, 1.807) is 6.20 Å². The first-order chi connectivity index (χ1) is 10.7. The van der Waals surface area contributed by atoms with Crippen LogP contribution in [0, 0.1) is 0 Å². The molecule has 0 unspecified atom stereocenters. The highest BCUT2D eigenvalue weighted by atomic mass is 16.3. The summed E-state index contributed by atoms with van der Waals surface area (Å²) in [6.07, 6.45) is 2.66. The molecule has 118 valence electrons. The van der Waals surface area contributed by atoms with Crippen molar-refractivity contribution in [2.24, 2.45) is 0 Å². The summed E-state index contributed by atoms with van der Waals surface area (Å²) in [6, 6.07) is 9.27. The molecule has 1 heterocycles. The maximum absolute atomic E-state index is 11.6. The summed E-state index contributed by atoms with van der Waals surface area (Å²) in [4.78, 5) is 11.6. The van der Waals surface area contributed by atoms with Crippen LogP contribution in [-0.4, -0.2) is 45.3 Å². The second-order valence-electron chi connectivity index (χ2n) is 4.87. The van der Waals surface area contributed by atoms with Crippen LogP contribution < -0.4 is 10.6 Å². The fourth-order valence-corrected chi connectivity index (χ4v) is 1.97. The zero-order valence-electron chi connectivity index (χ0n) is 12.1. The monoisotopic (exact) mass is 304 g/mol. The predicted molar refractivity (Wildman–Crippen MR) is 81.1 cm³/mol. The molecule has 0 radical (unpaired) electrons. The Bertz CT molecular complexity index is 586. The topological polar surface area (TPSA) is 99.4 Å². The molecule has 0 aliphatic heterocycles. The number of nitrogens with one attached hydrogen (secondary N) is 2. The van der Waals surface area contributed by atoms with Gasteiger partial charge in [0.05, 0.1) is 19.3 Å². The first-order valence-electron chi connectivity index (χ1n) is 7.04. The van der Waals surface area contributed by atoms with E-state index in [0.717, 1.165) is 11.1 Å². The van der Waals surface area contributed by atoms with Crippen LogP contribution >= 0.6 is 0 Å². The third kappa shape index (κ3) is 4.87. The molecule has 0 spiro atoms. The number of rotatable bonds is 7. The van der Waals surface area contributed by atoms with Gasteiger partial charge in [-0.25, -0.2) is 4.79 Å². The van der Waals surface area contributed by atoms with Gasteiger partial charge < -0.3 is 20.8 Å². The van der Waals surface area contributed by atoms with Crippen molar-refractivity contribution in [2.45, 2.75) is 19.2 Å². The first kappa shape index (κ1) is 16.0. The van der Waals surface area contributed by atoms with Crippen LogP contribution in [0.4, 0.5) is 4.79 Å². The molecule has 1 aromatic carbocycles. The smallest absolute Gasteiger partial charge is 0.315 e. The summed E-state index contributed by atoms with van der Waals surface area (Å²) >= 11 is 0. The van der Waals surface area contributed by atoms with Gasteiger partial charge in [-0.1, -0.05) is 24.3 Å². The van der Waals surface area contributed by atoms with E-state index < -0.39 is 6.10 Å². The Morgan fingerprint density at radius 1 is 1.23 bits per heavy atom. The summed E-state index contributed by atoms with van der Waals surface area (Å²) in [5.41, 5.74) is 2.07. The molecule has 22 heavy (non-hydrogen) atoms. The molecule has 1 atom stereocenters. The van der Waals surface area contributed by atoms with Crippen LogP contribution in [0.1, 0.15) is 11.1 Å². The number of hydrogen-bond donors (Lipinski definition) is 4. The lowest BCUT2D eigenvalue weighted by molar-refractivity contribution is 0.0959. The maximum atomic E-state index is 11.6. The third-order valence-corrected chi connectivity index (χ3v) is 3.16. The minimum atomic E-state index is -0.946. The number of carbonyl (C=O) groups excluding carboxylic acids is 1. The zero-order chi connectivity index (χ0) is 15.8. The fraction of sp³-hybridized carbons (Fsp3) is 0.333. The van der Waals surface area contributed by atoms with E-state index in [-0.39, 0.29) is 19.2 Å². The highest BCUT2D eigenvalue weighted by Gasteiger charge is 2.07. The van der Waals surface area contributed by atoms with Gasteiger partial charge in [0.25, 0.3) is 0 Å². The van der Waals surface area contributed by atoms with Crippen molar-refractivity contribution in [3.05, 3.63) is 53.9 Å². The minimum Gasteiger partial charge on any atom is -0.394 e. The van der Waals surface area contributed by atoms with Gasteiger partial charge in [-0.2, -0.15) is 5.10 Å². The van der Waals surface area contributed by atoms with Gasteiger partial charge in [0.1, 0.15) is 0 Å². The van der Waals surface area contributed by atoms with Crippen molar-refractivity contribution in [1.29, 1.82) is 0 Å². The number of nitrogens with zero attached hydrogens (tertiary/aromatic N) is 2. The molecule has 2 rings (SSSR count). The Labute approximate surface area is 128 Å². The molecule has 0 saturated heterocycles. The average Bonchev–Trinajstić information content (AvgIpc) is 3.04. The highest BCUT2D eigenvalue weighted by Crippen LogP contribution is 2.10. The van der Waals surface area contributed by atoms with Crippen LogP contribution in [-0.2, 0) is 13.1 Å². The van der Waals surface area contributed by atoms with Gasteiger partial charge in [0, 0.05) is 25.5 Å². The number of aliphatic hydroxyl groups is 2. The van der Waals surface area contributed by atoms with Crippen LogP contribution in [0.15, 0.2) is 42.7 Å². The Morgan fingerprint density at radius 2 is 2.00 bits per heavy atom. The molecule has 0 bridgehead atoms. The van der Waals surface area contributed by atoms with Crippen molar-refractivity contribution in [2.75, 3.05) is 13.2 Å². The van der Waals surface area contributed by atoms with Gasteiger partial charge in [0.15, 0.2) is 0 Å². The van der Waals surface area contributed by atoms with Gasteiger partial charge >= 0.3 is 6.03 Å². The molecule has 7 nitrogen and oxygen atoms in total. The van der Waals surface area contributed by atoms with Crippen molar-refractivity contribution in [1.82, 2.24) is 20.4 Å². The number of urea groups is 1. The lowest BCUT2D eigenvalue weighted by atomic mass is 10.1. The lowest BCUT2D eigenvalue weighted by Gasteiger charge is -2.13. The molecule has 2 aromatic rings. The van der Waals surface area contributed by atoms with Gasteiger partial charge in [-0.3, -0.25) is 4.68 Å². The lowest BCUT2D eigenvalue weighted by Crippen LogP contribution is -2.40. The van der Waals surface area contributed by atoms with Crippen molar-refractivity contribution >= 4 is 6.03 Å². The molecular weight excluding hydrogens is 284 g/mol. The molecule has 4 N–H and O–H groups in total.